The van der Waals surface area contributed by atoms with Gasteiger partial charge in [-0.3, -0.25) is 4.79 Å². The van der Waals surface area contributed by atoms with Crippen LogP contribution in [-0.2, 0) is 9.53 Å². The first kappa shape index (κ1) is 18.7. The van der Waals surface area contributed by atoms with Crippen molar-refractivity contribution in [2.24, 2.45) is 0 Å². The van der Waals surface area contributed by atoms with Crippen molar-refractivity contribution < 1.29 is 19.4 Å². The molecular formula is C21H22N2O4. The van der Waals surface area contributed by atoms with Crippen LogP contribution in [0, 0.1) is 11.3 Å². The van der Waals surface area contributed by atoms with Crippen molar-refractivity contribution in [3.05, 3.63) is 42.0 Å². The standard InChI is InChI=1S/C21H22N2O4/c1-14(19(25)23-21(13-22)11-5-2-6-12-21)27-20(26)17-10-9-15-7-3-4-8-16(15)18(17)24/h3-4,7-10,14,24H,2,5-6,11-12H2,1H3,(H,23,25). The van der Waals surface area contributed by atoms with Crippen LogP contribution in [-0.4, -0.2) is 28.6 Å². The van der Waals surface area contributed by atoms with Gasteiger partial charge in [0.1, 0.15) is 16.9 Å². The molecule has 2 aromatic carbocycles. The lowest BCUT2D eigenvalue weighted by atomic mass is 9.83. The number of carbonyl (C=O) groups is 2. The predicted molar refractivity (Wildman–Crippen MR) is 100 cm³/mol. The second kappa shape index (κ2) is 7.67. The topological polar surface area (TPSA) is 99.4 Å². The minimum atomic E-state index is -1.07. The van der Waals surface area contributed by atoms with E-state index >= 15 is 0 Å². The molecule has 1 saturated carbocycles. The van der Waals surface area contributed by atoms with Crippen molar-refractivity contribution in [2.75, 3.05) is 0 Å². The maximum Gasteiger partial charge on any atom is 0.342 e. The van der Waals surface area contributed by atoms with E-state index in [9.17, 15) is 20.0 Å². The van der Waals surface area contributed by atoms with Crippen LogP contribution in [0.25, 0.3) is 10.8 Å². The van der Waals surface area contributed by atoms with E-state index in [1.54, 1.807) is 18.2 Å². The van der Waals surface area contributed by atoms with Crippen LogP contribution in [0.15, 0.2) is 36.4 Å². The number of nitriles is 1. The molecule has 0 saturated heterocycles. The molecule has 0 radical (unpaired) electrons. The number of nitrogens with zero attached hydrogens (tertiary/aromatic N) is 1. The summed E-state index contributed by atoms with van der Waals surface area (Å²) in [6, 6.07) is 12.5. The number of hydrogen-bond acceptors (Lipinski definition) is 5. The molecule has 1 aliphatic carbocycles. The van der Waals surface area contributed by atoms with E-state index in [0.29, 0.717) is 18.2 Å². The number of fused-ring (bicyclic) bond motifs is 1. The Morgan fingerprint density at radius 3 is 2.59 bits per heavy atom. The lowest BCUT2D eigenvalue weighted by molar-refractivity contribution is -0.130. The summed E-state index contributed by atoms with van der Waals surface area (Å²) < 4.78 is 5.24. The number of amides is 1. The van der Waals surface area contributed by atoms with Gasteiger partial charge in [-0.25, -0.2) is 4.79 Å². The van der Waals surface area contributed by atoms with Crippen LogP contribution < -0.4 is 5.32 Å². The zero-order chi connectivity index (χ0) is 19.4. The maximum absolute atomic E-state index is 12.4. The number of ether oxygens (including phenoxy) is 1. The Bertz CT molecular complexity index is 910. The Morgan fingerprint density at radius 2 is 1.89 bits per heavy atom. The number of aromatic hydroxyl groups is 1. The summed E-state index contributed by atoms with van der Waals surface area (Å²) in [6.45, 7) is 1.46. The van der Waals surface area contributed by atoms with Gasteiger partial charge in [-0.2, -0.15) is 5.26 Å². The van der Waals surface area contributed by atoms with Crippen molar-refractivity contribution in [2.45, 2.75) is 50.7 Å². The highest BCUT2D eigenvalue weighted by Crippen LogP contribution is 2.30. The highest BCUT2D eigenvalue weighted by molar-refractivity contribution is 6.01. The highest BCUT2D eigenvalue weighted by Gasteiger charge is 2.35. The van der Waals surface area contributed by atoms with Gasteiger partial charge in [0.05, 0.1) is 6.07 Å². The first-order valence-electron chi connectivity index (χ1n) is 9.11. The second-order valence-corrected chi connectivity index (χ2v) is 6.97. The van der Waals surface area contributed by atoms with Crippen molar-refractivity contribution in [3.8, 4) is 11.8 Å². The summed E-state index contributed by atoms with van der Waals surface area (Å²) in [5.74, 6) is -1.46. The number of rotatable bonds is 4. The van der Waals surface area contributed by atoms with Gasteiger partial charge < -0.3 is 15.2 Å². The molecule has 2 N–H and O–H groups in total. The number of carbonyl (C=O) groups excluding carboxylic acids is 2. The third-order valence-electron chi connectivity index (χ3n) is 5.06. The van der Waals surface area contributed by atoms with Crippen molar-refractivity contribution >= 4 is 22.6 Å². The normalized spacial score (nSPS) is 16.9. The zero-order valence-corrected chi connectivity index (χ0v) is 15.2. The van der Waals surface area contributed by atoms with E-state index in [0.717, 1.165) is 24.6 Å². The first-order valence-corrected chi connectivity index (χ1v) is 9.11. The van der Waals surface area contributed by atoms with Gasteiger partial charge in [0.2, 0.25) is 0 Å². The van der Waals surface area contributed by atoms with Crippen LogP contribution in [0.3, 0.4) is 0 Å². The summed E-state index contributed by atoms with van der Waals surface area (Å²) in [5, 5.41) is 23.9. The molecule has 2 aromatic rings. The third-order valence-corrected chi connectivity index (χ3v) is 5.06. The summed E-state index contributed by atoms with van der Waals surface area (Å²) in [4.78, 5) is 24.9. The molecule has 3 rings (SSSR count). The lowest BCUT2D eigenvalue weighted by Crippen LogP contribution is -2.52. The monoisotopic (exact) mass is 366 g/mol. The molecule has 0 heterocycles. The molecule has 1 aliphatic rings. The zero-order valence-electron chi connectivity index (χ0n) is 15.2. The molecular weight excluding hydrogens is 344 g/mol. The van der Waals surface area contributed by atoms with Gasteiger partial charge in [0, 0.05) is 5.39 Å². The molecule has 140 valence electrons. The number of hydrogen-bond donors (Lipinski definition) is 2. The van der Waals surface area contributed by atoms with Gasteiger partial charge in [-0.1, -0.05) is 49.6 Å². The van der Waals surface area contributed by atoms with E-state index in [4.69, 9.17) is 4.74 Å². The Kier molecular flexibility index (Phi) is 5.31. The van der Waals surface area contributed by atoms with Crippen molar-refractivity contribution in [3.63, 3.8) is 0 Å². The molecule has 0 bridgehead atoms. The van der Waals surface area contributed by atoms with E-state index < -0.39 is 23.5 Å². The van der Waals surface area contributed by atoms with Gasteiger partial charge in [-0.15, -0.1) is 0 Å². The molecule has 1 amide bonds. The molecule has 0 aromatic heterocycles. The summed E-state index contributed by atoms with van der Waals surface area (Å²) in [7, 11) is 0. The average Bonchev–Trinajstić information content (AvgIpc) is 2.69. The van der Waals surface area contributed by atoms with E-state index in [-0.39, 0.29) is 11.3 Å². The predicted octanol–water partition coefficient (Wildman–Crippen LogP) is 3.43. The number of nitrogens with one attached hydrogen (secondary N) is 1. The smallest absolute Gasteiger partial charge is 0.342 e. The van der Waals surface area contributed by atoms with Crippen molar-refractivity contribution in [1.82, 2.24) is 5.32 Å². The second-order valence-electron chi connectivity index (χ2n) is 6.97. The number of esters is 1. The van der Waals surface area contributed by atoms with Gasteiger partial charge in [0.25, 0.3) is 5.91 Å². The molecule has 0 spiro atoms. The maximum atomic E-state index is 12.4. The first-order chi connectivity index (χ1) is 13.0. The van der Waals surface area contributed by atoms with E-state index in [2.05, 4.69) is 11.4 Å². The largest absolute Gasteiger partial charge is 0.506 e. The highest BCUT2D eigenvalue weighted by atomic mass is 16.5. The Labute approximate surface area is 157 Å². The minimum absolute atomic E-state index is 0.000938. The number of phenols is 1. The fraction of sp³-hybridized carbons (Fsp3) is 0.381. The van der Waals surface area contributed by atoms with Gasteiger partial charge in [0.15, 0.2) is 6.10 Å². The van der Waals surface area contributed by atoms with E-state index in [1.807, 2.05) is 12.1 Å². The van der Waals surface area contributed by atoms with Crippen LogP contribution in [0.5, 0.6) is 5.75 Å². The fourth-order valence-corrected chi connectivity index (χ4v) is 3.45. The molecule has 0 aliphatic heterocycles. The Hall–Kier alpha value is -3.07. The third kappa shape index (κ3) is 3.87. The number of benzene rings is 2. The molecule has 6 heteroatoms. The fourth-order valence-electron chi connectivity index (χ4n) is 3.45. The Morgan fingerprint density at radius 1 is 1.19 bits per heavy atom. The van der Waals surface area contributed by atoms with Crippen LogP contribution in [0.2, 0.25) is 0 Å². The molecule has 1 atom stereocenters. The van der Waals surface area contributed by atoms with Crippen molar-refractivity contribution in [1.29, 1.82) is 5.26 Å². The van der Waals surface area contributed by atoms with Gasteiger partial charge >= 0.3 is 5.97 Å². The SMILES string of the molecule is CC(OC(=O)c1ccc2ccccc2c1O)C(=O)NC1(C#N)CCCCC1. The summed E-state index contributed by atoms with van der Waals surface area (Å²) in [5.41, 5.74) is -0.887. The molecule has 1 fully saturated rings. The molecule has 6 nitrogen and oxygen atoms in total. The van der Waals surface area contributed by atoms with E-state index in [1.165, 1.54) is 13.0 Å². The van der Waals surface area contributed by atoms with Gasteiger partial charge in [-0.05, 0) is 31.2 Å². The van der Waals surface area contributed by atoms with Crippen LogP contribution in [0.1, 0.15) is 49.4 Å². The molecule has 27 heavy (non-hydrogen) atoms. The summed E-state index contributed by atoms with van der Waals surface area (Å²) >= 11 is 0. The van der Waals surface area contributed by atoms with Crippen LogP contribution in [0.4, 0.5) is 0 Å². The lowest BCUT2D eigenvalue weighted by Gasteiger charge is -2.32. The number of phenolic OH excluding ortho intramolecular Hbond substituents is 1. The quantitative estimate of drug-likeness (QED) is 0.808. The molecule has 1 unspecified atom stereocenters. The minimum Gasteiger partial charge on any atom is -0.506 e. The summed E-state index contributed by atoms with van der Waals surface area (Å²) in [6.07, 6.45) is 2.93. The average molecular weight is 366 g/mol. The Balaban J connectivity index is 1.71. The van der Waals surface area contributed by atoms with Crippen LogP contribution >= 0.6 is 0 Å².